The van der Waals surface area contributed by atoms with Crippen molar-refractivity contribution in [3.8, 4) is 0 Å². The van der Waals surface area contributed by atoms with Gasteiger partial charge < -0.3 is 10.2 Å². The number of H-pyrrole nitrogens is 1. The number of anilines is 2. The highest BCUT2D eigenvalue weighted by molar-refractivity contribution is 6.30. The molecule has 0 radical (unpaired) electrons. The van der Waals surface area contributed by atoms with Crippen LogP contribution in [0, 0.1) is 11.7 Å². The average Bonchev–Trinajstić information content (AvgIpc) is 3.16. The molecule has 3 aromatic rings. The number of nitrogens with one attached hydrogen (secondary N) is 2. The number of ketones is 1. The summed E-state index contributed by atoms with van der Waals surface area (Å²) in [6, 6.07) is 3.76. The molecule has 1 aromatic carbocycles. The van der Waals surface area contributed by atoms with Crippen molar-refractivity contribution in [2.75, 3.05) is 23.3 Å². The number of halogens is 2. The van der Waals surface area contributed by atoms with Crippen molar-refractivity contribution < 1.29 is 9.18 Å². The molecule has 0 spiro atoms. The predicted molar refractivity (Wildman–Crippen MR) is 111 cm³/mol. The summed E-state index contributed by atoms with van der Waals surface area (Å²) in [4.78, 5) is 23.6. The van der Waals surface area contributed by atoms with Crippen molar-refractivity contribution >= 4 is 39.9 Å². The van der Waals surface area contributed by atoms with Gasteiger partial charge in [-0.1, -0.05) is 11.6 Å². The first-order chi connectivity index (χ1) is 14.0. The number of Topliss-reactive ketones (excluding diaryl/α,β-unsaturated/α-hetero) is 1. The van der Waals surface area contributed by atoms with E-state index < -0.39 is 11.9 Å². The molecule has 9 heteroatoms. The molecule has 0 aliphatic carbocycles. The van der Waals surface area contributed by atoms with Gasteiger partial charge in [0.05, 0.1) is 17.6 Å². The van der Waals surface area contributed by atoms with E-state index in [0.29, 0.717) is 22.8 Å². The van der Waals surface area contributed by atoms with Crippen molar-refractivity contribution in [1.82, 2.24) is 20.2 Å². The molecule has 2 atom stereocenters. The van der Waals surface area contributed by atoms with E-state index in [9.17, 15) is 9.18 Å². The van der Waals surface area contributed by atoms with Crippen LogP contribution in [-0.4, -0.2) is 45.1 Å². The van der Waals surface area contributed by atoms with Crippen LogP contribution >= 0.6 is 11.6 Å². The average molecular weight is 417 g/mol. The normalized spacial score (nSPS) is 18.0. The van der Waals surface area contributed by atoms with Gasteiger partial charge in [0.1, 0.15) is 18.0 Å². The maximum atomic E-state index is 13.5. The third-order valence-corrected chi connectivity index (χ3v) is 5.48. The molecule has 0 saturated carbocycles. The molecule has 1 saturated heterocycles. The molecule has 0 bridgehead atoms. The highest BCUT2D eigenvalue weighted by Gasteiger charge is 2.26. The van der Waals surface area contributed by atoms with Crippen molar-refractivity contribution in [3.63, 3.8) is 0 Å². The van der Waals surface area contributed by atoms with Crippen LogP contribution in [-0.2, 0) is 4.79 Å². The number of rotatable bonds is 6. The van der Waals surface area contributed by atoms with Crippen molar-refractivity contribution in [2.24, 2.45) is 5.92 Å². The summed E-state index contributed by atoms with van der Waals surface area (Å²) in [6.07, 6.45) is 5.69. The third kappa shape index (κ3) is 4.48. The molecule has 152 valence electrons. The molecule has 2 N–H and O–H groups in total. The molecule has 7 nitrogen and oxygen atoms in total. The second kappa shape index (κ2) is 8.32. The fourth-order valence-corrected chi connectivity index (χ4v) is 4.08. The zero-order chi connectivity index (χ0) is 20.4. The minimum Gasteiger partial charge on any atom is -0.375 e. The van der Waals surface area contributed by atoms with E-state index >= 15 is 0 Å². The van der Waals surface area contributed by atoms with Crippen molar-refractivity contribution in [3.05, 3.63) is 41.6 Å². The molecule has 1 fully saturated rings. The van der Waals surface area contributed by atoms with E-state index in [1.807, 2.05) is 0 Å². The summed E-state index contributed by atoms with van der Waals surface area (Å²) < 4.78 is 13.5. The summed E-state index contributed by atoms with van der Waals surface area (Å²) in [7, 11) is 0. The van der Waals surface area contributed by atoms with Crippen LogP contribution in [0.1, 0.15) is 26.2 Å². The molecule has 4 rings (SSSR count). The smallest absolute Gasteiger partial charge is 0.160 e. The van der Waals surface area contributed by atoms with Crippen LogP contribution in [0.4, 0.5) is 15.9 Å². The Balaban J connectivity index is 1.40. The van der Waals surface area contributed by atoms with Crippen LogP contribution in [0.2, 0.25) is 5.02 Å². The number of carbonyl (C=O) groups excluding carboxylic acids is 1. The summed E-state index contributed by atoms with van der Waals surface area (Å²) >= 11 is 5.89. The lowest BCUT2D eigenvalue weighted by Crippen LogP contribution is -2.38. The van der Waals surface area contributed by atoms with Crippen LogP contribution < -0.4 is 10.2 Å². The zero-order valence-corrected chi connectivity index (χ0v) is 16.8. The van der Waals surface area contributed by atoms with Gasteiger partial charge in [-0.25, -0.2) is 14.4 Å². The van der Waals surface area contributed by atoms with Crippen molar-refractivity contribution in [2.45, 2.75) is 32.2 Å². The Morgan fingerprint density at radius 2 is 2.28 bits per heavy atom. The quantitative estimate of drug-likeness (QED) is 0.635. The second-order valence-electron chi connectivity index (χ2n) is 7.48. The molecule has 2 aromatic heterocycles. The highest BCUT2D eigenvalue weighted by atomic mass is 35.5. The summed E-state index contributed by atoms with van der Waals surface area (Å²) in [5, 5.41) is 11.1. The topological polar surface area (TPSA) is 86.8 Å². The van der Waals surface area contributed by atoms with E-state index in [-0.39, 0.29) is 11.7 Å². The molecule has 3 heterocycles. The van der Waals surface area contributed by atoms with E-state index in [0.717, 1.165) is 37.1 Å². The lowest BCUT2D eigenvalue weighted by atomic mass is 9.91. The number of piperidine rings is 1. The predicted octanol–water partition coefficient (Wildman–Crippen LogP) is 3.82. The number of benzene rings is 1. The molecule has 0 unspecified atom stereocenters. The van der Waals surface area contributed by atoms with Gasteiger partial charge >= 0.3 is 0 Å². The fourth-order valence-electron chi connectivity index (χ4n) is 3.86. The standard InChI is InChI=1S/C20H22ClFN6O/c1-12(26-16-7-14(21)6-15(22)8-16)18(29)5-13-3-2-4-28(10-13)20-17-9-25-27-19(17)23-11-24-20/h6-9,11-13,26H,2-5,10H2,1H3,(H,23,24,25,27)/t12-,13+/m1/s1. The monoisotopic (exact) mass is 416 g/mol. The van der Waals surface area contributed by atoms with E-state index in [1.54, 1.807) is 19.2 Å². The first-order valence-electron chi connectivity index (χ1n) is 9.64. The Morgan fingerprint density at radius 1 is 1.41 bits per heavy atom. The largest absolute Gasteiger partial charge is 0.375 e. The molecule has 29 heavy (non-hydrogen) atoms. The van der Waals surface area contributed by atoms with Gasteiger partial charge in [0.15, 0.2) is 11.4 Å². The molecular weight excluding hydrogens is 395 g/mol. The minimum atomic E-state index is -0.432. The number of aromatic amines is 1. The van der Waals surface area contributed by atoms with Gasteiger partial charge in [-0.15, -0.1) is 0 Å². The Morgan fingerprint density at radius 3 is 3.10 bits per heavy atom. The zero-order valence-electron chi connectivity index (χ0n) is 16.0. The fraction of sp³-hybridized carbons (Fsp3) is 0.400. The van der Waals surface area contributed by atoms with E-state index in [4.69, 9.17) is 11.6 Å². The van der Waals surface area contributed by atoms with Crippen LogP contribution in [0.25, 0.3) is 11.0 Å². The Hall–Kier alpha value is -2.74. The van der Waals surface area contributed by atoms with E-state index in [2.05, 4.69) is 30.4 Å². The molecule has 1 aliphatic heterocycles. The summed E-state index contributed by atoms with van der Waals surface area (Å²) in [5.41, 5.74) is 1.21. The number of aromatic nitrogens is 4. The lowest BCUT2D eigenvalue weighted by molar-refractivity contribution is -0.120. The molecular formula is C20H22ClFN6O. The Labute approximate surface area is 172 Å². The number of hydrogen-bond acceptors (Lipinski definition) is 6. The highest BCUT2D eigenvalue weighted by Crippen LogP contribution is 2.28. The van der Waals surface area contributed by atoms with Crippen molar-refractivity contribution in [1.29, 1.82) is 0 Å². The number of fused-ring (bicyclic) bond motifs is 1. The van der Waals surface area contributed by atoms with Gasteiger partial charge in [0.2, 0.25) is 0 Å². The first-order valence-corrected chi connectivity index (χ1v) is 10.0. The van der Waals surface area contributed by atoms with Gasteiger partial charge in [0.25, 0.3) is 0 Å². The van der Waals surface area contributed by atoms with E-state index in [1.165, 1.54) is 18.5 Å². The first kappa shape index (κ1) is 19.6. The number of hydrogen-bond donors (Lipinski definition) is 2. The maximum Gasteiger partial charge on any atom is 0.160 e. The maximum absolute atomic E-state index is 13.5. The third-order valence-electron chi connectivity index (χ3n) is 5.26. The lowest BCUT2D eigenvalue weighted by Gasteiger charge is -2.34. The van der Waals surface area contributed by atoms with Gasteiger partial charge in [-0.05, 0) is 43.9 Å². The van der Waals surface area contributed by atoms with Crippen LogP contribution in [0.5, 0.6) is 0 Å². The summed E-state index contributed by atoms with van der Waals surface area (Å²) in [6.45, 7) is 3.43. The van der Waals surface area contributed by atoms with Gasteiger partial charge in [0, 0.05) is 30.2 Å². The minimum absolute atomic E-state index is 0.0911. The van der Waals surface area contributed by atoms with Gasteiger partial charge in [-0.3, -0.25) is 9.89 Å². The van der Waals surface area contributed by atoms with Crippen LogP contribution in [0.3, 0.4) is 0 Å². The number of carbonyl (C=O) groups is 1. The number of nitrogens with zero attached hydrogens (tertiary/aromatic N) is 4. The van der Waals surface area contributed by atoms with Gasteiger partial charge in [-0.2, -0.15) is 5.10 Å². The molecule has 1 aliphatic rings. The Kier molecular flexibility index (Phi) is 5.62. The molecule has 0 amide bonds. The second-order valence-corrected chi connectivity index (χ2v) is 7.91. The Bertz CT molecular complexity index is 1000. The van der Waals surface area contributed by atoms with Crippen LogP contribution in [0.15, 0.2) is 30.7 Å². The summed E-state index contributed by atoms with van der Waals surface area (Å²) in [5.74, 6) is 0.737. The SMILES string of the molecule is C[C@@H](Nc1cc(F)cc(Cl)c1)C(=O)C[C@@H]1CCCN(c2ncnc3[nH]ncc23)C1.